The van der Waals surface area contributed by atoms with E-state index in [2.05, 4.69) is 26.0 Å². The average molecular weight is 431 g/mol. The fourth-order valence-electron chi connectivity index (χ4n) is 4.51. The van der Waals surface area contributed by atoms with Crippen LogP contribution in [0, 0.1) is 0 Å². The fraction of sp³-hybridized carbons (Fsp3) is 0.375. The molecule has 0 radical (unpaired) electrons. The predicted molar refractivity (Wildman–Crippen MR) is 118 cm³/mol. The lowest BCUT2D eigenvalue weighted by molar-refractivity contribution is -0.130. The Balaban J connectivity index is 1.94. The van der Waals surface area contributed by atoms with Crippen molar-refractivity contribution in [2.45, 2.75) is 58.2 Å². The maximum absolute atomic E-state index is 13.1. The summed E-state index contributed by atoms with van der Waals surface area (Å²) in [5.74, 6) is -0.0444. The third-order valence-corrected chi connectivity index (χ3v) is 6.67. The molecule has 0 amide bonds. The molecule has 3 nitrogen and oxygen atoms in total. The summed E-state index contributed by atoms with van der Waals surface area (Å²) in [6.07, 6.45) is 2.29. The van der Waals surface area contributed by atoms with Gasteiger partial charge in [-0.2, -0.15) is 0 Å². The van der Waals surface area contributed by atoms with Crippen LogP contribution < -0.4 is 0 Å². The Morgan fingerprint density at radius 3 is 2.38 bits per heavy atom. The molecule has 152 valence electrons. The SMILES string of the molecule is CCc1cc(-c2ccc(Cl)cc2Cl)cc(CC)c1C1=C(O)[C@@]2(C)CC[C@H](O2)C1=O. The molecule has 2 aliphatic rings. The van der Waals surface area contributed by atoms with Gasteiger partial charge in [-0.15, -0.1) is 0 Å². The number of carbonyl (C=O) groups excluding carboxylic acids is 1. The Hall–Kier alpha value is -1.81. The number of fused-ring (bicyclic) bond motifs is 2. The van der Waals surface area contributed by atoms with E-state index < -0.39 is 11.7 Å². The van der Waals surface area contributed by atoms with Crippen LogP contribution in [-0.2, 0) is 22.4 Å². The molecular weight excluding hydrogens is 407 g/mol. The molecule has 1 N–H and O–H groups in total. The Kier molecular flexibility index (Phi) is 5.27. The van der Waals surface area contributed by atoms with Crippen LogP contribution in [0.1, 0.15) is 50.3 Å². The summed E-state index contributed by atoms with van der Waals surface area (Å²) in [4.78, 5) is 13.1. The van der Waals surface area contributed by atoms with Gasteiger partial charge in [0.25, 0.3) is 0 Å². The second kappa shape index (κ2) is 7.46. The van der Waals surface area contributed by atoms with Crippen LogP contribution in [0.3, 0.4) is 0 Å². The predicted octanol–water partition coefficient (Wildman–Crippen LogP) is 6.57. The number of benzene rings is 2. The van der Waals surface area contributed by atoms with Crippen LogP contribution in [0.2, 0.25) is 10.0 Å². The Morgan fingerprint density at radius 2 is 1.79 bits per heavy atom. The van der Waals surface area contributed by atoms with E-state index in [0.29, 0.717) is 28.5 Å². The molecule has 2 atom stereocenters. The van der Waals surface area contributed by atoms with Gasteiger partial charge in [0.2, 0.25) is 0 Å². The van der Waals surface area contributed by atoms with Crippen LogP contribution in [0.5, 0.6) is 0 Å². The third-order valence-electron chi connectivity index (χ3n) is 6.12. The van der Waals surface area contributed by atoms with Gasteiger partial charge in [-0.25, -0.2) is 0 Å². The molecular formula is C24H24Cl2O3. The molecule has 2 aromatic carbocycles. The first-order valence-corrected chi connectivity index (χ1v) is 10.8. The van der Waals surface area contributed by atoms with Gasteiger partial charge < -0.3 is 9.84 Å². The number of carbonyl (C=O) groups is 1. The summed E-state index contributed by atoms with van der Waals surface area (Å²) >= 11 is 12.5. The minimum Gasteiger partial charge on any atom is -0.508 e. The molecule has 2 bridgehead atoms. The van der Waals surface area contributed by atoms with Gasteiger partial charge in [-0.3, -0.25) is 4.79 Å². The van der Waals surface area contributed by atoms with Crippen molar-refractivity contribution < 1.29 is 14.6 Å². The molecule has 29 heavy (non-hydrogen) atoms. The molecule has 0 unspecified atom stereocenters. The van der Waals surface area contributed by atoms with Crippen LogP contribution >= 0.6 is 23.2 Å². The van der Waals surface area contributed by atoms with Crippen LogP contribution in [0.4, 0.5) is 0 Å². The number of aryl methyl sites for hydroxylation is 2. The van der Waals surface area contributed by atoms with E-state index in [1.807, 2.05) is 19.1 Å². The zero-order chi connectivity index (χ0) is 20.9. The summed E-state index contributed by atoms with van der Waals surface area (Å²) in [5.41, 5.74) is 4.43. The number of ether oxygens (including phenoxy) is 1. The van der Waals surface area contributed by atoms with Crippen molar-refractivity contribution in [3.8, 4) is 11.1 Å². The molecule has 0 saturated carbocycles. The second-order valence-electron chi connectivity index (χ2n) is 7.96. The summed E-state index contributed by atoms with van der Waals surface area (Å²) in [6, 6.07) is 9.60. The van der Waals surface area contributed by atoms with E-state index in [1.165, 1.54) is 0 Å². The van der Waals surface area contributed by atoms with Crippen LogP contribution in [-0.4, -0.2) is 22.6 Å². The van der Waals surface area contributed by atoms with Gasteiger partial charge >= 0.3 is 0 Å². The van der Waals surface area contributed by atoms with Gasteiger partial charge in [-0.05, 0) is 67.0 Å². The van der Waals surface area contributed by atoms with Crippen LogP contribution in [0.15, 0.2) is 36.1 Å². The summed E-state index contributed by atoms with van der Waals surface area (Å²) in [6.45, 7) is 5.99. The average Bonchev–Trinajstić information content (AvgIpc) is 3.07. The van der Waals surface area contributed by atoms with E-state index in [4.69, 9.17) is 27.9 Å². The first-order valence-electron chi connectivity index (χ1n) is 10.1. The lowest BCUT2D eigenvalue weighted by Gasteiger charge is -2.32. The van der Waals surface area contributed by atoms with Crippen molar-refractivity contribution in [2.75, 3.05) is 0 Å². The van der Waals surface area contributed by atoms with E-state index in [-0.39, 0.29) is 11.5 Å². The Morgan fingerprint density at radius 1 is 1.14 bits per heavy atom. The monoisotopic (exact) mass is 430 g/mol. The molecule has 5 heteroatoms. The summed E-state index contributed by atoms with van der Waals surface area (Å²) in [5, 5.41) is 12.2. The molecule has 0 aromatic heterocycles. The van der Waals surface area contributed by atoms with E-state index in [0.717, 1.165) is 40.7 Å². The molecule has 1 fully saturated rings. The maximum atomic E-state index is 13.1. The van der Waals surface area contributed by atoms with E-state index >= 15 is 0 Å². The second-order valence-corrected chi connectivity index (χ2v) is 8.81. The van der Waals surface area contributed by atoms with Gasteiger partial charge in [0, 0.05) is 15.6 Å². The molecule has 2 heterocycles. The van der Waals surface area contributed by atoms with E-state index in [1.54, 1.807) is 6.07 Å². The van der Waals surface area contributed by atoms with Crippen molar-refractivity contribution in [3.63, 3.8) is 0 Å². The zero-order valence-corrected chi connectivity index (χ0v) is 18.3. The molecule has 1 saturated heterocycles. The van der Waals surface area contributed by atoms with Gasteiger partial charge in [0.15, 0.2) is 5.78 Å². The Bertz CT molecular complexity index is 1020. The number of ketones is 1. The number of halogens is 2. The molecule has 2 aromatic rings. The topological polar surface area (TPSA) is 46.5 Å². The highest BCUT2D eigenvalue weighted by atomic mass is 35.5. The number of aliphatic hydroxyl groups excluding tert-OH is 1. The van der Waals surface area contributed by atoms with Gasteiger partial charge in [-0.1, -0.05) is 55.2 Å². The minimum absolute atomic E-state index is 0.0675. The van der Waals surface area contributed by atoms with Gasteiger partial charge in [0.1, 0.15) is 17.5 Å². The summed E-state index contributed by atoms with van der Waals surface area (Å²) in [7, 11) is 0. The molecule has 0 spiro atoms. The quantitative estimate of drug-likeness (QED) is 0.595. The lowest BCUT2D eigenvalue weighted by Crippen LogP contribution is -2.38. The number of hydrogen-bond donors (Lipinski definition) is 1. The lowest BCUT2D eigenvalue weighted by atomic mass is 9.83. The van der Waals surface area contributed by atoms with Crippen LogP contribution in [0.25, 0.3) is 16.7 Å². The molecule has 4 rings (SSSR count). The largest absolute Gasteiger partial charge is 0.508 e. The molecule has 2 aliphatic heterocycles. The van der Waals surface area contributed by atoms with E-state index in [9.17, 15) is 9.90 Å². The van der Waals surface area contributed by atoms with Crippen molar-refractivity contribution >= 4 is 34.6 Å². The summed E-state index contributed by atoms with van der Waals surface area (Å²) < 4.78 is 5.84. The standard InChI is InChI=1S/C24H24Cl2O3/c1-4-13-10-15(17-7-6-16(25)12-18(17)26)11-14(5-2)20(13)21-22(27)19-8-9-24(3,29-19)23(21)28/h6-7,10-12,19,28H,4-5,8-9H2,1-3H3/t19-,24+/m0/s1. The van der Waals surface area contributed by atoms with Crippen molar-refractivity contribution in [1.29, 1.82) is 0 Å². The molecule has 0 aliphatic carbocycles. The highest BCUT2D eigenvalue weighted by Crippen LogP contribution is 2.46. The number of aliphatic hydroxyl groups is 1. The first kappa shape index (κ1) is 20.5. The van der Waals surface area contributed by atoms with Crippen molar-refractivity contribution in [1.82, 2.24) is 0 Å². The number of hydrogen-bond acceptors (Lipinski definition) is 3. The smallest absolute Gasteiger partial charge is 0.195 e. The normalized spacial score (nSPS) is 23.8. The third kappa shape index (κ3) is 3.30. The number of rotatable bonds is 4. The number of Topliss-reactive ketones (excluding diaryl/α,β-unsaturated/α-hetero) is 1. The minimum atomic E-state index is -0.776. The fourth-order valence-corrected chi connectivity index (χ4v) is 5.02. The Labute approximate surface area is 181 Å². The van der Waals surface area contributed by atoms with Crippen molar-refractivity contribution in [3.05, 3.63) is 62.8 Å². The van der Waals surface area contributed by atoms with Gasteiger partial charge in [0.05, 0.1) is 5.57 Å². The first-order chi connectivity index (χ1) is 13.8. The zero-order valence-electron chi connectivity index (χ0n) is 16.8. The highest BCUT2D eigenvalue weighted by Gasteiger charge is 2.50. The highest BCUT2D eigenvalue weighted by molar-refractivity contribution is 6.36. The van der Waals surface area contributed by atoms with Crippen molar-refractivity contribution in [2.24, 2.45) is 0 Å². The maximum Gasteiger partial charge on any atom is 0.195 e.